The minimum Gasteiger partial charge on any atom is -0.370 e. The van der Waals surface area contributed by atoms with Crippen molar-refractivity contribution >= 4 is 15.7 Å². The molecule has 0 radical (unpaired) electrons. The van der Waals surface area contributed by atoms with Gasteiger partial charge in [-0.3, -0.25) is 14.2 Å². The van der Waals surface area contributed by atoms with Gasteiger partial charge in [0, 0.05) is 24.9 Å². The number of aromatic nitrogens is 5. The van der Waals surface area contributed by atoms with Gasteiger partial charge in [0.25, 0.3) is 5.56 Å². The van der Waals surface area contributed by atoms with Crippen molar-refractivity contribution in [2.75, 3.05) is 6.26 Å². The van der Waals surface area contributed by atoms with Crippen LogP contribution in [0.4, 0.5) is 0 Å². The van der Waals surface area contributed by atoms with E-state index in [1.807, 2.05) is 0 Å². The Morgan fingerprint density at radius 1 is 1.17 bits per heavy atom. The molecular formula is C18H20N6O4S. The van der Waals surface area contributed by atoms with Crippen LogP contribution < -0.4 is 11.3 Å². The highest BCUT2D eigenvalue weighted by Gasteiger charge is 2.24. The molecule has 0 fully saturated rings. The molecule has 2 aromatic heterocycles. The van der Waals surface area contributed by atoms with Crippen LogP contribution >= 0.6 is 0 Å². The minimum absolute atomic E-state index is 0.0631. The molecule has 0 aliphatic heterocycles. The third-order valence-electron chi connectivity index (χ3n) is 4.34. The van der Waals surface area contributed by atoms with Gasteiger partial charge in [0.05, 0.1) is 5.69 Å². The number of rotatable bonds is 7. The molecule has 10 nitrogen and oxygen atoms in total. The number of nitrogens with two attached hydrogens (primary N) is 1. The van der Waals surface area contributed by atoms with Gasteiger partial charge < -0.3 is 5.73 Å². The number of aryl methyl sites for hydroxylation is 1. The Morgan fingerprint density at radius 2 is 1.86 bits per heavy atom. The van der Waals surface area contributed by atoms with Crippen molar-refractivity contribution in [3.63, 3.8) is 0 Å². The molecule has 1 amide bonds. The molecule has 2 N–H and O–H groups in total. The second-order valence-corrected chi connectivity index (χ2v) is 8.83. The molecule has 2 heterocycles. The van der Waals surface area contributed by atoms with Crippen molar-refractivity contribution in [3.8, 4) is 16.8 Å². The molecule has 0 bridgehead atoms. The van der Waals surface area contributed by atoms with Gasteiger partial charge in [-0.25, -0.2) is 8.42 Å². The van der Waals surface area contributed by atoms with Crippen LogP contribution in [0.5, 0.6) is 0 Å². The number of amides is 1. The maximum atomic E-state index is 12.6. The number of sulfone groups is 1. The molecule has 0 saturated carbocycles. The van der Waals surface area contributed by atoms with Gasteiger partial charge in [-0.2, -0.15) is 0 Å². The van der Waals surface area contributed by atoms with Gasteiger partial charge in [0.2, 0.25) is 5.91 Å². The zero-order valence-electron chi connectivity index (χ0n) is 15.9. The standard InChI is InChI=1S/C18H20N6O4S/c1-12-20-22-24(21-12)15-5-3-13(4-6-15)14-9-10-23(17(26)11-14)18(29(2,27)28)8-7-16(19)25/h3-6,9-11,18H,7-8H2,1-2H3,(H2,19,25). The lowest BCUT2D eigenvalue weighted by Crippen LogP contribution is -2.29. The number of carbonyl (C=O) groups excluding carboxylic acids is 1. The lowest BCUT2D eigenvalue weighted by molar-refractivity contribution is -0.118. The molecule has 0 saturated heterocycles. The van der Waals surface area contributed by atoms with Gasteiger partial charge in [-0.1, -0.05) is 12.1 Å². The van der Waals surface area contributed by atoms with Crippen molar-refractivity contribution < 1.29 is 13.2 Å². The first-order valence-corrected chi connectivity index (χ1v) is 10.7. The number of carbonyl (C=O) groups is 1. The fourth-order valence-electron chi connectivity index (χ4n) is 2.91. The number of primary amides is 1. The summed E-state index contributed by atoms with van der Waals surface area (Å²) in [4.78, 5) is 25.0. The van der Waals surface area contributed by atoms with Gasteiger partial charge >= 0.3 is 0 Å². The van der Waals surface area contributed by atoms with Crippen LogP contribution in [0.3, 0.4) is 0 Å². The Kier molecular flexibility index (Phi) is 5.59. The topological polar surface area (TPSA) is 143 Å². The van der Waals surface area contributed by atoms with Gasteiger partial charge in [0.15, 0.2) is 15.7 Å². The van der Waals surface area contributed by atoms with E-state index in [1.165, 1.54) is 17.1 Å². The molecule has 1 aromatic carbocycles. The monoisotopic (exact) mass is 416 g/mol. The number of benzene rings is 1. The van der Waals surface area contributed by atoms with Crippen LogP contribution in [-0.2, 0) is 14.6 Å². The molecule has 11 heteroatoms. The zero-order valence-corrected chi connectivity index (χ0v) is 16.7. The minimum atomic E-state index is -3.62. The third-order valence-corrected chi connectivity index (χ3v) is 5.79. The molecule has 0 aliphatic carbocycles. The summed E-state index contributed by atoms with van der Waals surface area (Å²) in [6.07, 6.45) is 2.24. The Balaban J connectivity index is 1.90. The zero-order chi connectivity index (χ0) is 21.2. The first-order valence-electron chi connectivity index (χ1n) is 8.72. The summed E-state index contributed by atoms with van der Waals surface area (Å²) in [6.45, 7) is 1.74. The summed E-state index contributed by atoms with van der Waals surface area (Å²) in [6, 6.07) is 10.2. The Labute approximate surface area is 166 Å². The van der Waals surface area contributed by atoms with E-state index in [9.17, 15) is 18.0 Å². The van der Waals surface area contributed by atoms with Crippen molar-refractivity contribution in [1.29, 1.82) is 0 Å². The summed E-state index contributed by atoms with van der Waals surface area (Å²) in [5.41, 5.74) is 6.74. The Bertz CT molecular complexity index is 1200. The van der Waals surface area contributed by atoms with E-state index in [4.69, 9.17) is 5.73 Å². The maximum Gasteiger partial charge on any atom is 0.252 e. The summed E-state index contributed by atoms with van der Waals surface area (Å²) in [7, 11) is -3.62. The first-order chi connectivity index (χ1) is 13.6. The third kappa shape index (κ3) is 4.74. The van der Waals surface area contributed by atoms with Gasteiger partial charge in [0.1, 0.15) is 5.37 Å². The number of hydrogen-bond acceptors (Lipinski definition) is 7. The quantitative estimate of drug-likeness (QED) is 0.594. The summed E-state index contributed by atoms with van der Waals surface area (Å²) in [5.74, 6) is -0.0741. The lowest BCUT2D eigenvalue weighted by atomic mass is 10.1. The molecule has 29 heavy (non-hydrogen) atoms. The van der Waals surface area contributed by atoms with E-state index >= 15 is 0 Å². The van der Waals surface area contributed by atoms with E-state index in [2.05, 4.69) is 15.4 Å². The van der Waals surface area contributed by atoms with Gasteiger partial charge in [-0.05, 0) is 47.9 Å². The second-order valence-electron chi connectivity index (χ2n) is 6.62. The number of hydrogen-bond donors (Lipinski definition) is 1. The lowest BCUT2D eigenvalue weighted by Gasteiger charge is -2.18. The van der Waals surface area contributed by atoms with E-state index in [0.29, 0.717) is 17.1 Å². The highest BCUT2D eigenvalue weighted by atomic mass is 32.2. The van der Waals surface area contributed by atoms with E-state index in [-0.39, 0.29) is 12.8 Å². The summed E-state index contributed by atoms with van der Waals surface area (Å²) >= 11 is 0. The Hall–Kier alpha value is -3.34. The predicted molar refractivity (Wildman–Crippen MR) is 106 cm³/mol. The highest BCUT2D eigenvalue weighted by molar-refractivity contribution is 7.90. The van der Waals surface area contributed by atoms with Crippen LogP contribution in [0.1, 0.15) is 24.0 Å². The fraction of sp³-hybridized carbons (Fsp3) is 0.278. The van der Waals surface area contributed by atoms with Crippen molar-refractivity contribution in [1.82, 2.24) is 24.8 Å². The number of tetrazole rings is 1. The molecule has 1 atom stereocenters. The largest absolute Gasteiger partial charge is 0.370 e. The van der Waals surface area contributed by atoms with Crippen molar-refractivity contribution in [3.05, 3.63) is 58.8 Å². The van der Waals surface area contributed by atoms with E-state index < -0.39 is 26.7 Å². The Morgan fingerprint density at radius 3 is 2.38 bits per heavy atom. The maximum absolute atomic E-state index is 12.6. The van der Waals surface area contributed by atoms with Crippen LogP contribution in [-0.4, -0.2) is 45.4 Å². The smallest absolute Gasteiger partial charge is 0.252 e. The summed E-state index contributed by atoms with van der Waals surface area (Å²) in [5, 5.41) is 10.7. The first kappa shape index (κ1) is 20.4. The predicted octanol–water partition coefficient (Wildman–Crippen LogP) is 0.608. The van der Waals surface area contributed by atoms with Crippen LogP contribution in [0, 0.1) is 6.92 Å². The molecule has 3 aromatic rings. The highest BCUT2D eigenvalue weighted by Crippen LogP contribution is 2.22. The SMILES string of the molecule is Cc1nnn(-c2ccc(-c3ccn(C(CCC(N)=O)S(C)(=O)=O)c(=O)c3)cc2)n1. The van der Waals surface area contributed by atoms with E-state index in [1.54, 1.807) is 37.3 Å². The van der Waals surface area contributed by atoms with Crippen LogP contribution in [0.25, 0.3) is 16.8 Å². The van der Waals surface area contributed by atoms with Crippen molar-refractivity contribution in [2.45, 2.75) is 25.1 Å². The average molecular weight is 416 g/mol. The molecule has 152 valence electrons. The molecule has 0 aliphatic rings. The molecule has 3 rings (SSSR count). The molecular weight excluding hydrogens is 396 g/mol. The van der Waals surface area contributed by atoms with Crippen LogP contribution in [0.15, 0.2) is 47.4 Å². The van der Waals surface area contributed by atoms with E-state index in [0.717, 1.165) is 16.4 Å². The number of nitrogens with zero attached hydrogens (tertiary/aromatic N) is 5. The van der Waals surface area contributed by atoms with Crippen LogP contribution in [0.2, 0.25) is 0 Å². The normalized spacial score (nSPS) is 12.6. The molecule has 0 spiro atoms. The van der Waals surface area contributed by atoms with Crippen molar-refractivity contribution in [2.24, 2.45) is 5.73 Å². The molecule has 1 unspecified atom stereocenters. The van der Waals surface area contributed by atoms with Gasteiger partial charge in [-0.15, -0.1) is 15.0 Å². The summed E-state index contributed by atoms with van der Waals surface area (Å²) < 4.78 is 25.3. The fourth-order valence-corrected chi connectivity index (χ4v) is 4.05. The number of pyridine rings is 1. The average Bonchev–Trinajstić information content (AvgIpc) is 3.08. The second kappa shape index (κ2) is 7.95.